The Morgan fingerprint density at radius 3 is 2.90 bits per heavy atom. The topological polar surface area (TPSA) is 83.8 Å². The van der Waals surface area contributed by atoms with Gasteiger partial charge in [0.1, 0.15) is 17.6 Å². The molecule has 0 amide bonds. The zero-order valence-corrected chi connectivity index (χ0v) is 15.9. The normalized spacial score (nSPS) is 26.4. The standard InChI is InChI=1S/C22H22FN5O/c1-12(16-9-15-3-2-4-18(26-15)21(16)23)19-11-25-22(28-27-19)17-7-13-5-6-24-10-14(13)8-20(17)29/h5-8,10-11,15-16,18,21,26,29H,1-4,9H2/t15?,16-,18?,21-/m0/s1. The molecule has 7 heteroatoms. The molecular weight excluding hydrogens is 369 g/mol. The van der Waals surface area contributed by atoms with Crippen molar-refractivity contribution in [1.29, 1.82) is 0 Å². The van der Waals surface area contributed by atoms with Crippen LogP contribution in [0.25, 0.3) is 27.7 Å². The van der Waals surface area contributed by atoms with Gasteiger partial charge in [-0.15, -0.1) is 10.2 Å². The second kappa shape index (κ2) is 7.15. The van der Waals surface area contributed by atoms with Gasteiger partial charge in [-0.2, -0.15) is 0 Å². The summed E-state index contributed by atoms with van der Waals surface area (Å²) in [7, 11) is 0. The van der Waals surface area contributed by atoms with E-state index in [-0.39, 0.29) is 17.7 Å². The molecule has 3 aromatic rings. The van der Waals surface area contributed by atoms with Crippen molar-refractivity contribution in [3.05, 3.63) is 49.1 Å². The van der Waals surface area contributed by atoms with Crippen molar-refractivity contribution in [1.82, 2.24) is 25.5 Å². The average molecular weight is 391 g/mol. The minimum absolute atomic E-state index is 0.0638. The fourth-order valence-corrected chi connectivity index (χ4v) is 4.58. The van der Waals surface area contributed by atoms with Gasteiger partial charge in [0, 0.05) is 35.8 Å². The predicted molar refractivity (Wildman–Crippen MR) is 109 cm³/mol. The maximum Gasteiger partial charge on any atom is 0.185 e. The van der Waals surface area contributed by atoms with Gasteiger partial charge in [0.05, 0.1) is 11.8 Å². The number of aromatic hydroxyl groups is 1. The lowest BCUT2D eigenvalue weighted by Crippen LogP contribution is -2.55. The van der Waals surface area contributed by atoms with Crippen LogP contribution in [0.2, 0.25) is 0 Å². The zero-order chi connectivity index (χ0) is 20.0. The van der Waals surface area contributed by atoms with Crippen LogP contribution in [0.15, 0.2) is 43.4 Å². The molecule has 148 valence electrons. The van der Waals surface area contributed by atoms with E-state index in [1.165, 1.54) is 0 Å². The number of nitrogens with one attached hydrogen (secondary N) is 1. The number of phenolic OH excluding ortho intramolecular Hbond substituents is 1. The third-order valence-corrected chi connectivity index (χ3v) is 6.16. The minimum atomic E-state index is -0.973. The van der Waals surface area contributed by atoms with Gasteiger partial charge in [-0.1, -0.05) is 13.0 Å². The molecule has 1 aromatic carbocycles. The number of fused-ring (bicyclic) bond motifs is 3. The highest BCUT2D eigenvalue weighted by molar-refractivity contribution is 5.88. The molecule has 2 aromatic heterocycles. The first-order valence-corrected chi connectivity index (χ1v) is 9.96. The van der Waals surface area contributed by atoms with E-state index in [0.717, 1.165) is 36.5 Å². The number of aromatic nitrogens is 4. The number of allylic oxidation sites excluding steroid dienone is 1. The number of nitrogens with zero attached hydrogens (tertiary/aromatic N) is 4. The Morgan fingerprint density at radius 2 is 2.07 bits per heavy atom. The third-order valence-electron chi connectivity index (χ3n) is 6.16. The third kappa shape index (κ3) is 3.25. The van der Waals surface area contributed by atoms with E-state index in [1.54, 1.807) is 24.7 Å². The summed E-state index contributed by atoms with van der Waals surface area (Å²) >= 11 is 0. The number of piperidine rings is 2. The van der Waals surface area contributed by atoms with Gasteiger partial charge < -0.3 is 10.4 Å². The lowest BCUT2D eigenvalue weighted by molar-refractivity contribution is 0.0982. The molecule has 5 rings (SSSR count). The summed E-state index contributed by atoms with van der Waals surface area (Å²) in [6.07, 6.45) is 7.71. The van der Waals surface area contributed by atoms with Crippen LogP contribution in [-0.2, 0) is 0 Å². The van der Waals surface area contributed by atoms with E-state index in [0.29, 0.717) is 28.7 Å². The fraction of sp³-hybridized carbons (Fsp3) is 0.364. The number of halogens is 1. The van der Waals surface area contributed by atoms with Gasteiger partial charge in [-0.25, -0.2) is 9.37 Å². The number of rotatable bonds is 3. The number of alkyl halides is 1. The first-order valence-electron chi connectivity index (χ1n) is 9.96. The summed E-state index contributed by atoms with van der Waals surface area (Å²) in [5, 5.41) is 24.0. The highest BCUT2D eigenvalue weighted by atomic mass is 19.1. The lowest BCUT2D eigenvalue weighted by atomic mass is 9.75. The number of pyridine rings is 1. The highest BCUT2D eigenvalue weighted by Gasteiger charge is 2.41. The number of hydrogen-bond donors (Lipinski definition) is 2. The number of benzene rings is 1. The first-order chi connectivity index (χ1) is 14.1. The molecule has 2 saturated heterocycles. The lowest BCUT2D eigenvalue weighted by Gasteiger charge is -2.43. The minimum Gasteiger partial charge on any atom is -0.507 e. The van der Waals surface area contributed by atoms with Gasteiger partial charge >= 0.3 is 0 Å². The molecule has 2 aliphatic rings. The fourth-order valence-electron chi connectivity index (χ4n) is 4.58. The van der Waals surface area contributed by atoms with Gasteiger partial charge in [0.2, 0.25) is 0 Å². The van der Waals surface area contributed by atoms with Crippen LogP contribution >= 0.6 is 0 Å². The SMILES string of the molecule is C=C(c1cnc(-c2cc3ccncc3cc2O)nn1)[C@@H]1CC2CCCC(N2)[C@H]1F. The molecule has 2 unspecified atom stereocenters. The summed E-state index contributed by atoms with van der Waals surface area (Å²) in [6.45, 7) is 4.12. The Labute approximate surface area is 167 Å². The molecule has 29 heavy (non-hydrogen) atoms. The van der Waals surface area contributed by atoms with Crippen LogP contribution in [0.1, 0.15) is 31.4 Å². The number of hydrogen-bond acceptors (Lipinski definition) is 6. The van der Waals surface area contributed by atoms with E-state index in [1.807, 2.05) is 12.1 Å². The Morgan fingerprint density at radius 1 is 1.17 bits per heavy atom. The molecule has 4 atom stereocenters. The van der Waals surface area contributed by atoms with Crippen molar-refractivity contribution in [3.63, 3.8) is 0 Å². The molecule has 2 fully saturated rings. The van der Waals surface area contributed by atoms with Crippen LogP contribution in [0, 0.1) is 5.92 Å². The van der Waals surface area contributed by atoms with E-state index in [9.17, 15) is 9.50 Å². The molecular formula is C22H22FN5O. The molecule has 2 bridgehead atoms. The van der Waals surface area contributed by atoms with Crippen LogP contribution < -0.4 is 5.32 Å². The zero-order valence-electron chi connectivity index (χ0n) is 15.9. The Hall–Kier alpha value is -2.93. The van der Waals surface area contributed by atoms with Crippen LogP contribution in [0.5, 0.6) is 5.75 Å². The van der Waals surface area contributed by atoms with E-state index < -0.39 is 6.17 Å². The molecule has 0 spiro atoms. The maximum absolute atomic E-state index is 15.0. The quantitative estimate of drug-likeness (QED) is 0.709. The Balaban J connectivity index is 1.42. The van der Waals surface area contributed by atoms with Crippen molar-refractivity contribution in [3.8, 4) is 17.1 Å². The summed E-state index contributed by atoms with van der Waals surface area (Å²) < 4.78 is 15.0. The molecule has 4 heterocycles. The van der Waals surface area contributed by atoms with Crippen molar-refractivity contribution in [2.75, 3.05) is 0 Å². The van der Waals surface area contributed by atoms with Crippen molar-refractivity contribution < 1.29 is 9.50 Å². The highest BCUT2D eigenvalue weighted by Crippen LogP contribution is 2.38. The van der Waals surface area contributed by atoms with Crippen molar-refractivity contribution in [2.45, 2.75) is 43.9 Å². The van der Waals surface area contributed by atoms with Gasteiger partial charge in [0.15, 0.2) is 5.82 Å². The molecule has 0 radical (unpaired) electrons. The molecule has 6 nitrogen and oxygen atoms in total. The maximum atomic E-state index is 15.0. The summed E-state index contributed by atoms with van der Waals surface area (Å²) in [4.78, 5) is 8.44. The molecule has 0 saturated carbocycles. The summed E-state index contributed by atoms with van der Waals surface area (Å²) in [5.41, 5.74) is 1.65. The van der Waals surface area contributed by atoms with E-state index >= 15 is 0 Å². The largest absolute Gasteiger partial charge is 0.507 e. The van der Waals surface area contributed by atoms with Crippen molar-refractivity contribution >= 4 is 16.3 Å². The van der Waals surface area contributed by atoms with Crippen molar-refractivity contribution in [2.24, 2.45) is 5.92 Å². The van der Waals surface area contributed by atoms with Crippen LogP contribution in [-0.4, -0.2) is 43.5 Å². The van der Waals surface area contributed by atoms with Crippen LogP contribution in [0.4, 0.5) is 4.39 Å². The predicted octanol–water partition coefficient (Wildman–Crippen LogP) is 3.67. The smallest absolute Gasteiger partial charge is 0.185 e. The van der Waals surface area contributed by atoms with Gasteiger partial charge in [-0.3, -0.25) is 4.98 Å². The van der Waals surface area contributed by atoms with Gasteiger partial charge in [0.25, 0.3) is 0 Å². The van der Waals surface area contributed by atoms with Gasteiger partial charge in [-0.05, 0) is 48.4 Å². The summed E-state index contributed by atoms with van der Waals surface area (Å²) in [5.74, 6) is 0.112. The Kier molecular flexibility index (Phi) is 4.47. The molecule has 2 aliphatic heterocycles. The molecule has 2 N–H and O–H groups in total. The van der Waals surface area contributed by atoms with E-state index in [4.69, 9.17) is 0 Å². The average Bonchev–Trinajstić information content (AvgIpc) is 2.76. The Bertz CT molecular complexity index is 1070. The second-order valence-corrected chi connectivity index (χ2v) is 7.97. The molecule has 0 aliphatic carbocycles. The first kappa shape index (κ1) is 18.1. The van der Waals surface area contributed by atoms with E-state index in [2.05, 4.69) is 32.1 Å². The monoisotopic (exact) mass is 391 g/mol. The van der Waals surface area contributed by atoms with Crippen LogP contribution in [0.3, 0.4) is 0 Å². The second-order valence-electron chi connectivity index (χ2n) is 7.97. The summed E-state index contributed by atoms with van der Waals surface area (Å²) in [6, 6.07) is 5.54. The number of phenols is 1.